The molecule has 0 aliphatic carbocycles. The molecule has 7 nitrogen and oxygen atoms in total. The van der Waals surface area contributed by atoms with Gasteiger partial charge in [0, 0.05) is 12.1 Å². The monoisotopic (exact) mass is 487 g/mol. The van der Waals surface area contributed by atoms with Crippen molar-refractivity contribution in [1.82, 2.24) is 4.41 Å². The van der Waals surface area contributed by atoms with Crippen molar-refractivity contribution in [3.8, 4) is 0 Å². The van der Waals surface area contributed by atoms with Gasteiger partial charge in [0.2, 0.25) is 10.0 Å². The quantitative estimate of drug-likeness (QED) is 0.568. The second-order valence-corrected chi connectivity index (χ2v) is 11.4. The zero-order valence-corrected chi connectivity index (χ0v) is 19.6. The number of sulfonamides is 2. The molecule has 0 bridgehead atoms. The number of hydrazone groups is 1. The average Bonchev–Trinajstić information content (AvgIpc) is 3.20. The molecule has 1 N–H and O–H groups in total. The smallest absolute Gasteiger partial charge is 0.279 e. The van der Waals surface area contributed by atoms with Gasteiger partial charge in [-0.2, -0.15) is 17.9 Å². The van der Waals surface area contributed by atoms with E-state index in [0.29, 0.717) is 22.5 Å². The number of hydrogen-bond acceptors (Lipinski definition) is 5. The molecule has 10 heteroatoms. The summed E-state index contributed by atoms with van der Waals surface area (Å²) in [5, 5.41) is 4.42. The second-order valence-electron chi connectivity index (χ2n) is 7.87. The standard InChI is InChI=1S/C23H22FN3O4S2/c1-16-9-11-21(12-10-16)33(30,31)27-23(18-6-3-7-19(24)13-18)15-22(25-27)17-5-4-8-20(14-17)26-32(2,28)29/h3-14,23,26H,15H2,1-2H3/t23-/m0/s1. The molecule has 3 aromatic carbocycles. The Morgan fingerprint density at radius 1 is 0.970 bits per heavy atom. The molecule has 1 aliphatic rings. The first-order valence-corrected chi connectivity index (χ1v) is 13.4. The number of rotatable bonds is 6. The van der Waals surface area contributed by atoms with Gasteiger partial charge in [-0.3, -0.25) is 4.72 Å². The van der Waals surface area contributed by atoms with E-state index in [9.17, 15) is 21.2 Å². The first-order valence-electron chi connectivity index (χ1n) is 10.1. The molecular formula is C23H22FN3O4S2. The summed E-state index contributed by atoms with van der Waals surface area (Å²) in [6, 6.07) is 18.0. The summed E-state index contributed by atoms with van der Waals surface area (Å²) in [6.07, 6.45) is 1.24. The molecule has 172 valence electrons. The SMILES string of the molecule is Cc1ccc(S(=O)(=O)N2N=C(c3cccc(NS(C)(=O)=O)c3)C[C@H]2c2cccc(F)c2)cc1. The summed E-state index contributed by atoms with van der Waals surface area (Å²) in [7, 11) is -7.52. The predicted molar refractivity (Wildman–Crippen MR) is 125 cm³/mol. The third-order valence-electron chi connectivity index (χ3n) is 5.17. The summed E-state index contributed by atoms with van der Waals surface area (Å²) in [4.78, 5) is 0.0759. The van der Waals surface area contributed by atoms with Gasteiger partial charge in [0.15, 0.2) is 0 Å². The molecule has 1 aliphatic heterocycles. The van der Waals surface area contributed by atoms with Gasteiger partial charge >= 0.3 is 0 Å². The molecule has 0 saturated carbocycles. The minimum absolute atomic E-state index is 0.0759. The topological polar surface area (TPSA) is 95.9 Å². The Labute approximate surface area is 192 Å². The van der Waals surface area contributed by atoms with Gasteiger partial charge in [-0.15, -0.1) is 0 Å². The van der Waals surface area contributed by atoms with E-state index in [1.165, 1.54) is 30.3 Å². The van der Waals surface area contributed by atoms with Crippen LogP contribution in [0.25, 0.3) is 0 Å². The van der Waals surface area contributed by atoms with E-state index in [-0.39, 0.29) is 11.3 Å². The average molecular weight is 488 g/mol. The van der Waals surface area contributed by atoms with Crippen LogP contribution in [-0.2, 0) is 20.0 Å². The summed E-state index contributed by atoms with van der Waals surface area (Å²) in [6.45, 7) is 1.86. The number of anilines is 1. The van der Waals surface area contributed by atoms with Crippen molar-refractivity contribution in [1.29, 1.82) is 0 Å². The molecule has 33 heavy (non-hydrogen) atoms. The third kappa shape index (κ3) is 5.07. The van der Waals surface area contributed by atoms with Crippen molar-refractivity contribution in [2.75, 3.05) is 11.0 Å². The molecule has 3 aromatic rings. The first-order chi connectivity index (χ1) is 15.5. The lowest BCUT2D eigenvalue weighted by molar-refractivity contribution is 0.370. The number of benzene rings is 3. The highest BCUT2D eigenvalue weighted by Gasteiger charge is 2.38. The molecule has 0 amide bonds. The van der Waals surface area contributed by atoms with Crippen LogP contribution in [0, 0.1) is 12.7 Å². The zero-order valence-electron chi connectivity index (χ0n) is 17.9. The molecule has 0 saturated heterocycles. The van der Waals surface area contributed by atoms with Crippen LogP contribution in [0.2, 0.25) is 0 Å². The van der Waals surface area contributed by atoms with Crippen LogP contribution in [0.5, 0.6) is 0 Å². The van der Waals surface area contributed by atoms with Crippen LogP contribution >= 0.6 is 0 Å². The highest BCUT2D eigenvalue weighted by atomic mass is 32.2. The van der Waals surface area contributed by atoms with Crippen LogP contribution in [0.15, 0.2) is 82.8 Å². The Kier molecular flexibility index (Phi) is 5.98. The first kappa shape index (κ1) is 22.9. The summed E-state index contributed by atoms with van der Waals surface area (Å²) in [5.41, 5.74) is 2.72. The van der Waals surface area contributed by atoms with E-state index in [0.717, 1.165) is 16.2 Å². The zero-order chi connectivity index (χ0) is 23.8. The highest BCUT2D eigenvalue weighted by Crippen LogP contribution is 2.37. The molecule has 0 unspecified atom stereocenters. The van der Waals surface area contributed by atoms with Crippen molar-refractivity contribution >= 4 is 31.4 Å². The maximum atomic E-state index is 14.0. The lowest BCUT2D eigenvalue weighted by Gasteiger charge is -2.23. The van der Waals surface area contributed by atoms with Gasteiger partial charge in [0.25, 0.3) is 10.0 Å². The predicted octanol–water partition coefficient (Wildman–Crippen LogP) is 4.05. The second kappa shape index (κ2) is 8.60. The number of nitrogens with zero attached hydrogens (tertiary/aromatic N) is 2. The van der Waals surface area contributed by atoms with Crippen LogP contribution in [-0.4, -0.2) is 33.2 Å². The van der Waals surface area contributed by atoms with E-state index >= 15 is 0 Å². The number of nitrogens with one attached hydrogen (secondary N) is 1. The Morgan fingerprint density at radius 2 is 1.67 bits per heavy atom. The Bertz CT molecular complexity index is 1440. The van der Waals surface area contributed by atoms with Crippen molar-refractivity contribution in [3.63, 3.8) is 0 Å². The lowest BCUT2D eigenvalue weighted by atomic mass is 9.99. The fourth-order valence-electron chi connectivity index (χ4n) is 3.64. The van der Waals surface area contributed by atoms with Gasteiger partial charge in [0.1, 0.15) is 5.82 Å². The van der Waals surface area contributed by atoms with Crippen LogP contribution < -0.4 is 4.72 Å². The minimum Gasteiger partial charge on any atom is -0.284 e. The Morgan fingerprint density at radius 3 is 2.33 bits per heavy atom. The maximum absolute atomic E-state index is 14.0. The van der Waals surface area contributed by atoms with Crippen molar-refractivity contribution in [2.24, 2.45) is 5.10 Å². The van der Waals surface area contributed by atoms with Crippen molar-refractivity contribution in [3.05, 3.63) is 95.3 Å². The fraction of sp³-hybridized carbons (Fsp3) is 0.174. The van der Waals surface area contributed by atoms with Gasteiger partial charge in [-0.1, -0.05) is 42.0 Å². The van der Waals surface area contributed by atoms with Crippen molar-refractivity contribution < 1.29 is 21.2 Å². The van der Waals surface area contributed by atoms with Gasteiger partial charge < -0.3 is 0 Å². The lowest BCUT2D eigenvalue weighted by Crippen LogP contribution is -2.27. The Balaban J connectivity index is 1.79. The molecule has 0 radical (unpaired) electrons. The summed E-state index contributed by atoms with van der Waals surface area (Å²) < 4.78 is 67.6. The molecular weight excluding hydrogens is 465 g/mol. The van der Waals surface area contributed by atoms with Crippen LogP contribution in [0.3, 0.4) is 0 Å². The maximum Gasteiger partial charge on any atom is 0.279 e. The van der Waals surface area contributed by atoms with E-state index in [1.54, 1.807) is 42.5 Å². The fourth-order valence-corrected chi connectivity index (χ4v) is 5.63. The molecule has 0 spiro atoms. The van der Waals surface area contributed by atoms with E-state index in [4.69, 9.17) is 0 Å². The number of aryl methyl sites for hydroxylation is 1. The highest BCUT2D eigenvalue weighted by molar-refractivity contribution is 7.92. The normalized spacial score (nSPS) is 16.5. The number of hydrogen-bond donors (Lipinski definition) is 1. The summed E-state index contributed by atoms with van der Waals surface area (Å²) >= 11 is 0. The van der Waals surface area contributed by atoms with Gasteiger partial charge in [0.05, 0.1) is 22.9 Å². The third-order valence-corrected chi connectivity index (χ3v) is 7.47. The van der Waals surface area contributed by atoms with Crippen LogP contribution in [0.1, 0.15) is 29.2 Å². The van der Waals surface area contributed by atoms with E-state index < -0.39 is 31.9 Å². The Hall–Kier alpha value is -3.24. The van der Waals surface area contributed by atoms with Crippen LogP contribution in [0.4, 0.5) is 10.1 Å². The van der Waals surface area contributed by atoms with Crippen molar-refractivity contribution in [2.45, 2.75) is 24.3 Å². The molecule has 0 fully saturated rings. The van der Waals surface area contributed by atoms with E-state index in [2.05, 4.69) is 9.82 Å². The minimum atomic E-state index is -4.03. The van der Waals surface area contributed by atoms with Gasteiger partial charge in [-0.25, -0.2) is 12.8 Å². The summed E-state index contributed by atoms with van der Waals surface area (Å²) in [5.74, 6) is -0.479. The largest absolute Gasteiger partial charge is 0.284 e. The van der Waals surface area contributed by atoms with Gasteiger partial charge in [-0.05, 0) is 54.4 Å². The molecule has 1 atom stereocenters. The molecule has 0 aromatic heterocycles. The molecule has 4 rings (SSSR count). The number of halogens is 1. The molecule has 1 heterocycles. The van der Waals surface area contributed by atoms with E-state index in [1.807, 2.05) is 6.92 Å².